The molecular weight excluding hydrogens is 242 g/mol. The highest BCUT2D eigenvalue weighted by Gasteiger charge is 2.05. The summed E-state index contributed by atoms with van der Waals surface area (Å²) in [4.78, 5) is 4.23. The molecule has 0 aliphatic heterocycles. The second kappa shape index (κ2) is 6.75. The quantitative estimate of drug-likeness (QED) is 0.864. The van der Waals surface area contributed by atoms with Gasteiger partial charge in [-0.2, -0.15) is 0 Å². The fourth-order valence-electron chi connectivity index (χ4n) is 1.76. The first-order valence-electron chi connectivity index (χ1n) is 6.14. The van der Waals surface area contributed by atoms with Crippen molar-refractivity contribution in [1.29, 1.82) is 0 Å². The number of rotatable bonds is 6. The highest BCUT2D eigenvalue weighted by atomic mass is 16.5. The molecule has 0 atom stereocenters. The Hall–Kier alpha value is -2.07. The van der Waals surface area contributed by atoms with Crippen LogP contribution in [0.25, 0.3) is 0 Å². The van der Waals surface area contributed by atoms with E-state index in [9.17, 15) is 5.11 Å². The minimum absolute atomic E-state index is 0.0733. The highest BCUT2D eigenvalue weighted by molar-refractivity contribution is 5.39. The van der Waals surface area contributed by atoms with Gasteiger partial charge in [0.1, 0.15) is 11.5 Å². The van der Waals surface area contributed by atoms with Gasteiger partial charge in [-0.05, 0) is 30.3 Å². The first-order valence-corrected chi connectivity index (χ1v) is 6.14. The maximum Gasteiger partial charge on any atom is 0.125 e. The first-order chi connectivity index (χ1) is 9.33. The van der Waals surface area contributed by atoms with Crippen LogP contribution in [0.2, 0.25) is 0 Å². The second-order valence-corrected chi connectivity index (χ2v) is 4.05. The van der Waals surface area contributed by atoms with Crippen molar-refractivity contribution in [2.24, 2.45) is 0 Å². The molecule has 2 aromatic rings. The number of aliphatic hydroxyl groups is 1. The van der Waals surface area contributed by atoms with Gasteiger partial charge in [-0.15, -0.1) is 0 Å². The molecule has 4 nitrogen and oxygen atoms in total. The number of methoxy groups -OCH3 is 1. The van der Waals surface area contributed by atoms with E-state index in [1.165, 1.54) is 0 Å². The van der Waals surface area contributed by atoms with Gasteiger partial charge in [-0.25, -0.2) is 0 Å². The molecular formula is C15H17NO3. The van der Waals surface area contributed by atoms with Crippen LogP contribution >= 0.6 is 0 Å². The van der Waals surface area contributed by atoms with Crippen LogP contribution < -0.4 is 9.47 Å². The lowest BCUT2D eigenvalue weighted by atomic mass is 10.2. The molecule has 100 valence electrons. The Morgan fingerprint density at radius 2 is 2.11 bits per heavy atom. The Balaban J connectivity index is 1.96. The maximum absolute atomic E-state index is 9.31. The van der Waals surface area contributed by atoms with Crippen LogP contribution in [0, 0.1) is 0 Å². The first kappa shape index (κ1) is 13.4. The molecule has 19 heavy (non-hydrogen) atoms. The van der Waals surface area contributed by atoms with Crippen LogP contribution in [-0.2, 0) is 13.0 Å². The molecule has 4 heteroatoms. The molecule has 0 spiro atoms. The van der Waals surface area contributed by atoms with Crippen LogP contribution in [-0.4, -0.2) is 23.8 Å². The fourth-order valence-corrected chi connectivity index (χ4v) is 1.76. The molecule has 0 saturated carbocycles. The summed E-state index contributed by atoms with van der Waals surface area (Å²) in [6, 6.07) is 11.2. The summed E-state index contributed by atoms with van der Waals surface area (Å²) < 4.78 is 10.8. The Bertz CT molecular complexity index is 514. The van der Waals surface area contributed by atoms with Gasteiger partial charge < -0.3 is 14.6 Å². The molecule has 0 aliphatic rings. The number of hydrogen-bond donors (Lipinski definition) is 1. The van der Waals surface area contributed by atoms with Gasteiger partial charge >= 0.3 is 0 Å². The molecule has 0 amide bonds. The number of aromatic nitrogens is 1. The van der Waals surface area contributed by atoms with Gasteiger partial charge in [-0.1, -0.05) is 6.07 Å². The van der Waals surface area contributed by atoms with E-state index < -0.39 is 0 Å². The average molecular weight is 259 g/mol. The van der Waals surface area contributed by atoms with Crippen molar-refractivity contribution in [2.45, 2.75) is 13.0 Å². The van der Waals surface area contributed by atoms with Gasteiger partial charge in [0.25, 0.3) is 0 Å². The van der Waals surface area contributed by atoms with E-state index in [-0.39, 0.29) is 6.61 Å². The largest absolute Gasteiger partial charge is 0.497 e. The van der Waals surface area contributed by atoms with Gasteiger partial charge in [0.05, 0.1) is 20.3 Å². The second-order valence-electron chi connectivity index (χ2n) is 4.05. The Morgan fingerprint density at radius 1 is 1.21 bits per heavy atom. The third-order valence-electron chi connectivity index (χ3n) is 2.78. The molecule has 1 N–H and O–H groups in total. The molecule has 0 saturated heterocycles. The van der Waals surface area contributed by atoms with Crippen molar-refractivity contribution in [3.63, 3.8) is 0 Å². The van der Waals surface area contributed by atoms with E-state index in [1.54, 1.807) is 19.4 Å². The summed E-state index contributed by atoms with van der Waals surface area (Å²) in [6.07, 6.45) is 2.50. The molecule has 1 heterocycles. The van der Waals surface area contributed by atoms with Crippen molar-refractivity contribution >= 4 is 0 Å². The lowest BCUT2D eigenvalue weighted by Gasteiger charge is -2.11. The fraction of sp³-hybridized carbons (Fsp3) is 0.267. The number of benzene rings is 1. The van der Waals surface area contributed by atoms with Gasteiger partial charge in [0.2, 0.25) is 0 Å². The van der Waals surface area contributed by atoms with E-state index in [2.05, 4.69) is 4.98 Å². The average Bonchev–Trinajstić information content (AvgIpc) is 2.48. The third-order valence-corrected chi connectivity index (χ3v) is 2.78. The van der Waals surface area contributed by atoms with Crippen molar-refractivity contribution in [2.75, 3.05) is 13.7 Å². The zero-order chi connectivity index (χ0) is 13.5. The van der Waals surface area contributed by atoms with Crippen molar-refractivity contribution in [3.05, 3.63) is 53.9 Å². The third kappa shape index (κ3) is 3.69. The number of pyridine rings is 1. The number of hydrogen-bond acceptors (Lipinski definition) is 4. The van der Waals surface area contributed by atoms with Crippen molar-refractivity contribution < 1.29 is 14.6 Å². The van der Waals surface area contributed by atoms with Gasteiger partial charge in [-0.3, -0.25) is 4.98 Å². The van der Waals surface area contributed by atoms with Crippen LogP contribution in [0.5, 0.6) is 11.5 Å². The molecule has 0 aliphatic carbocycles. The lowest BCUT2D eigenvalue weighted by Crippen LogP contribution is -2.04. The summed E-state index contributed by atoms with van der Waals surface area (Å²) in [5.41, 5.74) is 1.71. The van der Waals surface area contributed by atoms with E-state index in [4.69, 9.17) is 9.47 Å². The number of aliphatic hydroxyl groups excluding tert-OH is 1. The normalized spacial score (nSPS) is 10.2. The van der Waals surface area contributed by atoms with E-state index in [0.717, 1.165) is 17.7 Å². The predicted molar refractivity (Wildman–Crippen MR) is 72.4 cm³/mol. The van der Waals surface area contributed by atoms with E-state index in [1.807, 2.05) is 30.3 Å². The summed E-state index contributed by atoms with van der Waals surface area (Å²) in [5.74, 6) is 1.39. The summed E-state index contributed by atoms with van der Waals surface area (Å²) in [5, 5.41) is 9.31. The minimum Gasteiger partial charge on any atom is -0.497 e. The molecule has 0 fully saturated rings. The van der Waals surface area contributed by atoms with Crippen LogP contribution in [0.15, 0.2) is 42.6 Å². The predicted octanol–water partition coefficient (Wildman–Crippen LogP) is 2.20. The van der Waals surface area contributed by atoms with Gasteiger partial charge in [0.15, 0.2) is 0 Å². The number of ether oxygens (including phenoxy) is 2. The van der Waals surface area contributed by atoms with Crippen LogP contribution in [0.1, 0.15) is 11.3 Å². The monoisotopic (exact) mass is 259 g/mol. The lowest BCUT2D eigenvalue weighted by molar-refractivity contribution is 0.262. The zero-order valence-corrected chi connectivity index (χ0v) is 10.9. The summed E-state index contributed by atoms with van der Waals surface area (Å²) in [6.45, 7) is 0.451. The standard InChI is InChI=1S/C15H17NO3/c1-18-14-5-6-15(12(10-14)11-17)19-9-7-13-4-2-3-8-16-13/h2-6,8,10,17H,7,9,11H2,1H3. The number of nitrogens with zero attached hydrogens (tertiary/aromatic N) is 1. The van der Waals surface area contributed by atoms with E-state index in [0.29, 0.717) is 18.1 Å². The molecule has 1 aromatic heterocycles. The SMILES string of the molecule is COc1ccc(OCCc2ccccn2)c(CO)c1. The van der Waals surface area contributed by atoms with Crippen molar-refractivity contribution in [3.8, 4) is 11.5 Å². The topological polar surface area (TPSA) is 51.6 Å². The zero-order valence-electron chi connectivity index (χ0n) is 10.9. The molecule has 1 aromatic carbocycles. The van der Waals surface area contributed by atoms with Gasteiger partial charge in [0, 0.05) is 23.9 Å². The molecule has 0 unspecified atom stereocenters. The molecule has 0 radical (unpaired) electrons. The van der Waals surface area contributed by atoms with Crippen molar-refractivity contribution in [1.82, 2.24) is 4.98 Å². The Morgan fingerprint density at radius 3 is 2.79 bits per heavy atom. The Kier molecular flexibility index (Phi) is 4.75. The maximum atomic E-state index is 9.31. The summed E-state index contributed by atoms with van der Waals surface area (Å²) >= 11 is 0. The van der Waals surface area contributed by atoms with Crippen LogP contribution in [0.4, 0.5) is 0 Å². The smallest absolute Gasteiger partial charge is 0.125 e. The molecule has 0 bridgehead atoms. The van der Waals surface area contributed by atoms with E-state index >= 15 is 0 Å². The minimum atomic E-state index is -0.0733. The highest BCUT2D eigenvalue weighted by Crippen LogP contribution is 2.24. The van der Waals surface area contributed by atoms with Crippen LogP contribution in [0.3, 0.4) is 0 Å². The molecule has 2 rings (SSSR count). The summed E-state index contributed by atoms with van der Waals surface area (Å²) in [7, 11) is 1.60. The Labute approximate surface area is 112 Å².